The molecule has 0 unspecified atom stereocenters. The molecule has 142 valence electrons. The zero-order valence-electron chi connectivity index (χ0n) is 15.5. The maximum atomic E-state index is 16.8. The minimum absolute atomic E-state index is 0.0381. The Hall–Kier alpha value is -1.07. The Bertz CT molecular complexity index is 746. The number of aliphatic hydroxyl groups excluding tert-OH is 1. The third-order valence-corrected chi connectivity index (χ3v) is 9.06. The second-order valence-corrected chi connectivity index (χ2v) is 9.70. The molecule has 0 aromatic carbocycles. The number of Topliss-reactive ketones (excluding diaryl/α,β-unsaturated/α-hetero) is 1. The molecular formula is C21H27FO4. The molecule has 0 aromatic rings. The van der Waals surface area contributed by atoms with Gasteiger partial charge in [-0.15, -0.1) is 0 Å². The van der Waals surface area contributed by atoms with Crippen molar-refractivity contribution in [2.75, 3.05) is 6.61 Å². The number of rotatable bonds is 0. The predicted molar refractivity (Wildman–Crippen MR) is 92.1 cm³/mol. The molecule has 1 spiro atoms. The lowest BCUT2D eigenvalue weighted by Gasteiger charge is -2.64. The smallest absolute Gasteiger partial charge is 0.190 e. The standard InChI is InChI=1S/C21H27FO4/c1-18-7-5-13(23)9-12(18)3-4-15-14-6-8-20(17(25)11-26-20)19(14,2)10-16(24)21(15,18)22/h9,14-16,24H,3-8,10-11H2,1-2H3/t14-,15-,16-,18-,19-,20+,21-/m0/s1. The molecule has 1 heterocycles. The summed E-state index contributed by atoms with van der Waals surface area (Å²) in [5.41, 5.74) is -2.95. The van der Waals surface area contributed by atoms with Crippen molar-refractivity contribution in [3.8, 4) is 0 Å². The monoisotopic (exact) mass is 362 g/mol. The number of fused-ring (bicyclic) bond motifs is 6. The number of carbonyl (C=O) groups is 2. The summed E-state index contributed by atoms with van der Waals surface area (Å²) in [6.07, 6.45) is 4.33. The maximum Gasteiger partial charge on any atom is 0.190 e. The largest absolute Gasteiger partial charge is 0.390 e. The van der Waals surface area contributed by atoms with E-state index < -0.39 is 28.2 Å². The molecule has 0 amide bonds. The quantitative estimate of drug-likeness (QED) is 0.720. The molecule has 5 heteroatoms. The average Bonchev–Trinajstić information content (AvgIpc) is 2.90. The molecule has 7 atom stereocenters. The molecule has 0 radical (unpaired) electrons. The maximum absolute atomic E-state index is 16.8. The van der Waals surface area contributed by atoms with E-state index in [4.69, 9.17) is 4.74 Å². The first-order valence-electron chi connectivity index (χ1n) is 9.97. The zero-order valence-corrected chi connectivity index (χ0v) is 15.5. The van der Waals surface area contributed by atoms with Gasteiger partial charge in [-0.1, -0.05) is 19.4 Å². The highest BCUT2D eigenvalue weighted by Gasteiger charge is 2.76. The minimum Gasteiger partial charge on any atom is -0.390 e. The van der Waals surface area contributed by atoms with Crippen molar-refractivity contribution in [1.29, 1.82) is 0 Å². The minimum atomic E-state index is -1.74. The van der Waals surface area contributed by atoms with Crippen LogP contribution in [0.3, 0.4) is 0 Å². The van der Waals surface area contributed by atoms with Crippen molar-refractivity contribution in [2.45, 2.75) is 76.2 Å². The highest BCUT2D eigenvalue weighted by Crippen LogP contribution is 2.71. The summed E-state index contributed by atoms with van der Waals surface area (Å²) in [6.45, 7) is 4.08. The number of halogens is 1. The predicted octanol–water partition coefficient (Wildman–Crippen LogP) is 2.92. The SMILES string of the molecule is C[C@]12CCC(=O)C=C1CC[C@H]1[C@@H]3CC[C@]4(OCC4=O)[C@@]3(C)C[C@H](O)[C@@]12F. The van der Waals surface area contributed by atoms with E-state index in [1.54, 1.807) is 6.08 Å². The van der Waals surface area contributed by atoms with Gasteiger partial charge in [0.1, 0.15) is 17.9 Å². The van der Waals surface area contributed by atoms with Gasteiger partial charge in [-0.05, 0) is 50.5 Å². The Kier molecular flexibility index (Phi) is 3.18. The third kappa shape index (κ3) is 1.60. The van der Waals surface area contributed by atoms with Crippen molar-refractivity contribution < 1.29 is 23.8 Å². The number of hydrogen-bond acceptors (Lipinski definition) is 4. The molecule has 3 saturated carbocycles. The van der Waals surface area contributed by atoms with Crippen molar-refractivity contribution in [3.05, 3.63) is 11.6 Å². The Morgan fingerprint density at radius 2 is 1.92 bits per heavy atom. The van der Waals surface area contributed by atoms with Crippen LogP contribution in [0, 0.1) is 22.7 Å². The summed E-state index contributed by atoms with van der Waals surface area (Å²) in [7, 11) is 0. The van der Waals surface area contributed by atoms with E-state index in [0.717, 1.165) is 12.0 Å². The molecule has 26 heavy (non-hydrogen) atoms. The lowest BCUT2D eigenvalue weighted by atomic mass is 9.43. The van der Waals surface area contributed by atoms with E-state index in [0.29, 0.717) is 32.1 Å². The zero-order chi connectivity index (χ0) is 18.5. The first kappa shape index (κ1) is 17.1. The lowest BCUT2D eigenvalue weighted by molar-refractivity contribution is -0.250. The Labute approximate surface area is 153 Å². The second-order valence-electron chi connectivity index (χ2n) is 9.70. The highest BCUT2D eigenvalue weighted by atomic mass is 19.1. The molecule has 1 aliphatic heterocycles. The van der Waals surface area contributed by atoms with Crippen molar-refractivity contribution in [2.24, 2.45) is 22.7 Å². The van der Waals surface area contributed by atoms with Gasteiger partial charge in [0, 0.05) is 23.2 Å². The normalized spacial score (nSPS) is 55.7. The molecule has 4 fully saturated rings. The molecular weight excluding hydrogens is 335 g/mol. The van der Waals surface area contributed by atoms with Crippen LogP contribution in [0.1, 0.15) is 58.8 Å². The van der Waals surface area contributed by atoms with Gasteiger partial charge in [-0.2, -0.15) is 0 Å². The number of alkyl halides is 1. The third-order valence-electron chi connectivity index (χ3n) is 9.06. The number of ketones is 2. The van der Waals surface area contributed by atoms with Crippen molar-refractivity contribution in [1.82, 2.24) is 0 Å². The van der Waals surface area contributed by atoms with Gasteiger partial charge in [-0.3, -0.25) is 9.59 Å². The fourth-order valence-electron chi connectivity index (χ4n) is 7.56. The summed E-state index contributed by atoms with van der Waals surface area (Å²) in [4.78, 5) is 24.3. The van der Waals surface area contributed by atoms with Gasteiger partial charge in [0.25, 0.3) is 0 Å². The molecule has 0 aromatic heterocycles. The van der Waals surface area contributed by atoms with Crippen LogP contribution in [-0.4, -0.2) is 40.7 Å². The van der Waals surface area contributed by atoms with Crippen LogP contribution >= 0.6 is 0 Å². The number of allylic oxidation sites excluding steroid dienone is 1. The lowest BCUT2D eigenvalue weighted by Crippen LogP contribution is -2.71. The van der Waals surface area contributed by atoms with E-state index in [1.807, 2.05) is 13.8 Å². The van der Waals surface area contributed by atoms with Crippen LogP contribution in [0.4, 0.5) is 4.39 Å². The van der Waals surface area contributed by atoms with Gasteiger partial charge in [0.15, 0.2) is 11.6 Å². The Morgan fingerprint density at radius 1 is 1.15 bits per heavy atom. The summed E-state index contributed by atoms with van der Waals surface area (Å²) >= 11 is 0. The van der Waals surface area contributed by atoms with Gasteiger partial charge >= 0.3 is 0 Å². The molecule has 4 nitrogen and oxygen atoms in total. The second kappa shape index (κ2) is 4.85. The van der Waals surface area contributed by atoms with Gasteiger partial charge in [0.2, 0.25) is 0 Å². The molecule has 0 bridgehead atoms. The van der Waals surface area contributed by atoms with E-state index in [1.165, 1.54) is 0 Å². The molecule has 5 rings (SSSR count). The van der Waals surface area contributed by atoms with Gasteiger partial charge < -0.3 is 9.84 Å². The summed E-state index contributed by atoms with van der Waals surface area (Å²) < 4.78 is 22.6. The summed E-state index contributed by atoms with van der Waals surface area (Å²) in [5.74, 6) is -0.0611. The van der Waals surface area contributed by atoms with Gasteiger partial charge in [-0.25, -0.2) is 4.39 Å². The fraction of sp³-hybridized carbons (Fsp3) is 0.810. The summed E-state index contributed by atoms with van der Waals surface area (Å²) in [5, 5.41) is 11.1. The van der Waals surface area contributed by atoms with E-state index in [-0.39, 0.29) is 36.4 Å². The number of aliphatic hydroxyl groups is 1. The number of carbonyl (C=O) groups excluding carboxylic acids is 2. The highest BCUT2D eigenvalue weighted by molar-refractivity contribution is 5.94. The van der Waals surface area contributed by atoms with Crippen LogP contribution in [0.5, 0.6) is 0 Å². The topological polar surface area (TPSA) is 63.6 Å². The molecule has 1 saturated heterocycles. The van der Waals surface area contributed by atoms with Crippen molar-refractivity contribution in [3.63, 3.8) is 0 Å². The molecule has 1 N–H and O–H groups in total. The Morgan fingerprint density at radius 3 is 2.58 bits per heavy atom. The average molecular weight is 362 g/mol. The van der Waals surface area contributed by atoms with Gasteiger partial charge in [0.05, 0.1) is 6.10 Å². The van der Waals surface area contributed by atoms with Crippen LogP contribution < -0.4 is 0 Å². The first-order valence-corrected chi connectivity index (χ1v) is 9.97. The summed E-state index contributed by atoms with van der Waals surface area (Å²) in [6, 6.07) is 0. The van der Waals surface area contributed by atoms with Crippen LogP contribution in [0.25, 0.3) is 0 Å². The van der Waals surface area contributed by atoms with E-state index in [9.17, 15) is 14.7 Å². The van der Waals surface area contributed by atoms with Crippen LogP contribution in [0.2, 0.25) is 0 Å². The molecule has 5 aliphatic rings. The van der Waals surface area contributed by atoms with Crippen molar-refractivity contribution >= 4 is 11.6 Å². The fourth-order valence-corrected chi connectivity index (χ4v) is 7.56. The van der Waals surface area contributed by atoms with E-state index in [2.05, 4.69) is 0 Å². The Balaban J connectivity index is 1.61. The first-order chi connectivity index (χ1) is 12.2. The molecule has 4 aliphatic carbocycles. The van der Waals surface area contributed by atoms with Crippen LogP contribution in [0.15, 0.2) is 11.6 Å². The number of ether oxygens (including phenoxy) is 1. The van der Waals surface area contributed by atoms with E-state index >= 15 is 4.39 Å². The number of hydrogen-bond donors (Lipinski definition) is 1. The van der Waals surface area contributed by atoms with Crippen LogP contribution in [-0.2, 0) is 14.3 Å².